The Bertz CT molecular complexity index is 1040. The van der Waals surface area contributed by atoms with Gasteiger partial charge in [-0.1, -0.05) is 66.7 Å². The van der Waals surface area contributed by atoms with E-state index in [1.807, 2.05) is 72.8 Å². The molecule has 1 unspecified atom stereocenters. The van der Waals surface area contributed by atoms with Crippen molar-refractivity contribution < 1.29 is 8.42 Å². The number of sulfonamides is 1. The van der Waals surface area contributed by atoms with Gasteiger partial charge in [0, 0.05) is 6.54 Å². The number of nitrogens with zero attached hydrogens (tertiary/aromatic N) is 1. The zero-order chi connectivity index (χ0) is 20.1. The highest BCUT2D eigenvalue weighted by atomic mass is 32.2. The van der Waals surface area contributed by atoms with Crippen molar-refractivity contribution >= 4 is 21.4 Å². The number of anilines is 2. The normalized spacial score (nSPS) is 17.7. The maximum Gasteiger partial charge on any atom is 0.242 e. The maximum atomic E-state index is 13.5. The maximum absolute atomic E-state index is 13.5. The fraction of sp³-hybridized carbons (Fsp3) is 0.250. The molecule has 1 heterocycles. The van der Waals surface area contributed by atoms with Crippen LogP contribution in [-0.4, -0.2) is 20.2 Å². The van der Waals surface area contributed by atoms with E-state index in [4.69, 9.17) is 0 Å². The van der Waals surface area contributed by atoms with E-state index in [1.54, 1.807) is 0 Å². The molecule has 0 fully saturated rings. The Morgan fingerprint density at radius 1 is 0.862 bits per heavy atom. The highest BCUT2D eigenvalue weighted by Crippen LogP contribution is 2.39. The van der Waals surface area contributed by atoms with Crippen LogP contribution in [0.15, 0.2) is 84.9 Å². The molecule has 150 valence electrons. The first kappa shape index (κ1) is 19.7. The summed E-state index contributed by atoms with van der Waals surface area (Å²) in [5.41, 5.74) is 3.80. The first-order valence-corrected chi connectivity index (χ1v) is 11.6. The lowest BCUT2D eigenvalue weighted by atomic mass is 10.0. The lowest BCUT2D eigenvalue weighted by Crippen LogP contribution is -2.41. The quantitative estimate of drug-likeness (QED) is 0.581. The Morgan fingerprint density at radius 3 is 2.28 bits per heavy atom. The predicted molar refractivity (Wildman–Crippen MR) is 119 cm³/mol. The molecule has 3 aromatic rings. The zero-order valence-electron chi connectivity index (χ0n) is 16.4. The molecule has 0 bridgehead atoms. The van der Waals surface area contributed by atoms with Crippen LogP contribution in [0.4, 0.5) is 11.4 Å². The summed E-state index contributed by atoms with van der Waals surface area (Å²) in [7, 11) is -3.46. The zero-order valence-corrected chi connectivity index (χ0v) is 17.2. The third kappa shape index (κ3) is 4.36. The third-order valence-electron chi connectivity index (χ3n) is 5.38. The molecule has 1 atom stereocenters. The molecule has 0 spiro atoms. The van der Waals surface area contributed by atoms with Gasteiger partial charge in [0.05, 0.1) is 16.6 Å². The topological polar surface area (TPSA) is 49.4 Å². The fourth-order valence-electron chi connectivity index (χ4n) is 3.90. The number of nitrogens with one attached hydrogen (secondary N) is 1. The number of rotatable bonds is 7. The lowest BCUT2D eigenvalue weighted by Gasteiger charge is -2.35. The molecule has 5 heteroatoms. The van der Waals surface area contributed by atoms with Crippen molar-refractivity contribution in [1.82, 2.24) is 5.32 Å². The van der Waals surface area contributed by atoms with E-state index >= 15 is 0 Å². The highest BCUT2D eigenvalue weighted by Gasteiger charge is 2.38. The van der Waals surface area contributed by atoms with Gasteiger partial charge in [-0.25, -0.2) is 12.7 Å². The largest absolute Gasteiger partial charge is 0.313 e. The molecule has 4 nitrogen and oxygen atoms in total. The molecule has 1 aliphatic rings. The summed E-state index contributed by atoms with van der Waals surface area (Å²) >= 11 is 0. The number of benzene rings is 3. The van der Waals surface area contributed by atoms with Gasteiger partial charge < -0.3 is 5.32 Å². The van der Waals surface area contributed by atoms with Crippen LogP contribution < -0.4 is 9.62 Å². The average molecular weight is 407 g/mol. The van der Waals surface area contributed by atoms with Crippen LogP contribution >= 0.6 is 0 Å². The number of hydrogen-bond acceptors (Lipinski definition) is 3. The van der Waals surface area contributed by atoms with Gasteiger partial charge in [-0.2, -0.15) is 0 Å². The van der Waals surface area contributed by atoms with Crippen molar-refractivity contribution in [1.29, 1.82) is 0 Å². The number of fused-ring (bicyclic) bond motifs is 1. The highest BCUT2D eigenvalue weighted by molar-refractivity contribution is 7.93. The third-order valence-corrected chi connectivity index (χ3v) is 7.54. The van der Waals surface area contributed by atoms with Crippen LogP contribution in [0.3, 0.4) is 0 Å². The Labute approximate surface area is 173 Å². The van der Waals surface area contributed by atoms with Gasteiger partial charge in [0.25, 0.3) is 0 Å². The molecular formula is C24H26N2O2S. The van der Waals surface area contributed by atoms with Crippen LogP contribution in [0.25, 0.3) is 0 Å². The summed E-state index contributed by atoms with van der Waals surface area (Å²) in [5.74, 6) is 0. The van der Waals surface area contributed by atoms with Crippen LogP contribution in [0, 0.1) is 0 Å². The second kappa shape index (κ2) is 8.80. The summed E-state index contributed by atoms with van der Waals surface area (Å²) in [4.78, 5) is 0. The van der Waals surface area contributed by atoms with Gasteiger partial charge in [-0.3, -0.25) is 0 Å². The Morgan fingerprint density at radius 2 is 1.52 bits per heavy atom. The SMILES string of the molecule is O=S1(=O)C(CCCNCc2ccccc2)Cc2ccccc2N1c1ccccc1. The van der Waals surface area contributed by atoms with E-state index in [0.29, 0.717) is 18.5 Å². The molecule has 0 amide bonds. The standard InChI is InChI=1S/C24H26N2O2S/c27-29(28)23(15-9-17-25-19-20-10-3-1-4-11-20)18-21-12-7-8-16-24(21)26(29)22-13-5-2-6-14-22/h1-8,10-14,16,23,25H,9,15,17-19H2. The molecule has 3 aromatic carbocycles. The summed E-state index contributed by atoms with van der Waals surface area (Å²) < 4.78 is 28.5. The Balaban J connectivity index is 1.47. The van der Waals surface area contributed by atoms with E-state index in [-0.39, 0.29) is 0 Å². The van der Waals surface area contributed by atoms with Crippen molar-refractivity contribution in [2.75, 3.05) is 10.8 Å². The summed E-state index contributed by atoms with van der Waals surface area (Å²) in [6, 6.07) is 27.5. The van der Waals surface area contributed by atoms with E-state index in [9.17, 15) is 8.42 Å². The minimum atomic E-state index is -3.46. The summed E-state index contributed by atoms with van der Waals surface area (Å²) in [5, 5.41) is 3.02. The molecule has 0 aliphatic carbocycles. The van der Waals surface area contributed by atoms with Crippen molar-refractivity contribution in [3.8, 4) is 0 Å². The summed E-state index contributed by atoms with van der Waals surface area (Å²) in [6.45, 7) is 1.60. The lowest BCUT2D eigenvalue weighted by molar-refractivity contribution is 0.548. The smallest absolute Gasteiger partial charge is 0.242 e. The van der Waals surface area contributed by atoms with E-state index in [2.05, 4.69) is 17.4 Å². The molecule has 0 radical (unpaired) electrons. The van der Waals surface area contributed by atoms with E-state index < -0.39 is 15.3 Å². The van der Waals surface area contributed by atoms with Crippen LogP contribution in [0.1, 0.15) is 24.0 Å². The first-order valence-electron chi connectivity index (χ1n) is 10.1. The number of hydrogen-bond donors (Lipinski definition) is 1. The molecule has 4 rings (SSSR count). The Kier molecular flexibility index (Phi) is 5.97. The van der Waals surface area contributed by atoms with Gasteiger partial charge in [0.2, 0.25) is 10.0 Å². The minimum absolute atomic E-state index is 0.406. The second-order valence-electron chi connectivity index (χ2n) is 7.40. The molecule has 0 saturated carbocycles. The van der Waals surface area contributed by atoms with Gasteiger partial charge in [0.15, 0.2) is 0 Å². The molecule has 1 N–H and O–H groups in total. The van der Waals surface area contributed by atoms with Gasteiger partial charge in [-0.15, -0.1) is 0 Å². The summed E-state index contributed by atoms with van der Waals surface area (Å²) in [6.07, 6.45) is 2.03. The molecular weight excluding hydrogens is 380 g/mol. The van der Waals surface area contributed by atoms with Crippen LogP contribution in [0.5, 0.6) is 0 Å². The molecule has 29 heavy (non-hydrogen) atoms. The van der Waals surface area contributed by atoms with Crippen LogP contribution in [0.2, 0.25) is 0 Å². The van der Waals surface area contributed by atoms with Gasteiger partial charge in [0.1, 0.15) is 0 Å². The molecule has 0 saturated heterocycles. The minimum Gasteiger partial charge on any atom is -0.313 e. The van der Waals surface area contributed by atoms with E-state index in [0.717, 1.165) is 30.8 Å². The Hall–Kier alpha value is -2.63. The number of para-hydroxylation sites is 2. The van der Waals surface area contributed by atoms with Crippen molar-refractivity contribution in [2.24, 2.45) is 0 Å². The molecule has 1 aliphatic heterocycles. The van der Waals surface area contributed by atoms with Crippen molar-refractivity contribution in [2.45, 2.75) is 31.1 Å². The van der Waals surface area contributed by atoms with Crippen LogP contribution in [-0.2, 0) is 23.0 Å². The van der Waals surface area contributed by atoms with E-state index in [1.165, 1.54) is 9.87 Å². The fourth-order valence-corrected chi connectivity index (χ4v) is 5.92. The van der Waals surface area contributed by atoms with Gasteiger partial charge >= 0.3 is 0 Å². The predicted octanol–water partition coefficient (Wildman–Crippen LogP) is 4.65. The first-order chi connectivity index (χ1) is 14.2. The van der Waals surface area contributed by atoms with Crippen molar-refractivity contribution in [3.05, 3.63) is 96.1 Å². The molecule has 0 aromatic heterocycles. The monoisotopic (exact) mass is 406 g/mol. The average Bonchev–Trinajstić information content (AvgIpc) is 2.75. The second-order valence-corrected chi connectivity index (χ2v) is 9.47. The van der Waals surface area contributed by atoms with Crippen molar-refractivity contribution in [3.63, 3.8) is 0 Å². The van der Waals surface area contributed by atoms with Gasteiger partial charge in [-0.05, 0) is 55.1 Å².